The first-order valence-electron chi connectivity index (χ1n) is 9.09. The van der Waals surface area contributed by atoms with E-state index in [0.29, 0.717) is 44.3 Å². The first-order valence-corrected chi connectivity index (χ1v) is 10.9. The van der Waals surface area contributed by atoms with Crippen LogP contribution < -0.4 is 0 Å². The van der Waals surface area contributed by atoms with E-state index >= 15 is 0 Å². The monoisotopic (exact) mass is 413 g/mol. The number of nitrogens with zero attached hydrogens (tertiary/aromatic N) is 3. The van der Waals surface area contributed by atoms with Crippen LogP contribution in [0.2, 0.25) is 5.02 Å². The topological polar surface area (TPSA) is 75.9 Å². The van der Waals surface area contributed by atoms with Gasteiger partial charge in [-0.2, -0.15) is 4.31 Å². The zero-order valence-electron chi connectivity index (χ0n) is 15.7. The van der Waals surface area contributed by atoms with E-state index in [1.54, 1.807) is 12.1 Å². The molecule has 148 valence electrons. The summed E-state index contributed by atoms with van der Waals surface area (Å²) in [5, 5.41) is 0.154. The van der Waals surface area contributed by atoms with Crippen molar-refractivity contribution in [2.75, 3.05) is 39.4 Å². The summed E-state index contributed by atoms with van der Waals surface area (Å²) >= 11 is 6.34. The summed E-state index contributed by atoms with van der Waals surface area (Å²) in [6.45, 7) is 9.47. The molecule has 2 aromatic rings. The molecule has 0 radical (unpaired) electrons. The number of hydrogen-bond donors (Lipinski definition) is 0. The SMILES string of the molecule is CC(C)(C)c1nc2ccc(Cl)c(S(=O)(=O)N3CCN4CCOC[C@@H]4C3)c2o1. The van der Waals surface area contributed by atoms with Crippen molar-refractivity contribution >= 4 is 32.7 Å². The number of sulfonamides is 1. The van der Waals surface area contributed by atoms with Gasteiger partial charge < -0.3 is 9.15 Å². The van der Waals surface area contributed by atoms with E-state index in [9.17, 15) is 8.42 Å². The summed E-state index contributed by atoms with van der Waals surface area (Å²) in [5.74, 6) is 0.488. The number of morpholine rings is 1. The third kappa shape index (κ3) is 3.38. The average molecular weight is 414 g/mol. The maximum absolute atomic E-state index is 13.4. The van der Waals surface area contributed by atoms with E-state index < -0.39 is 10.0 Å². The van der Waals surface area contributed by atoms with Crippen molar-refractivity contribution in [3.8, 4) is 0 Å². The van der Waals surface area contributed by atoms with Gasteiger partial charge in [0.2, 0.25) is 15.9 Å². The van der Waals surface area contributed by atoms with Gasteiger partial charge >= 0.3 is 0 Å². The van der Waals surface area contributed by atoms with Crippen molar-refractivity contribution < 1.29 is 17.6 Å². The van der Waals surface area contributed by atoms with Gasteiger partial charge in [0.05, 0.1) is 18.2 Å². The normalized spacial score (nSPS) is 22.9. The minimum absolute atomic E-state index is 0.00912. The highest BCUT2D eigenvalue weighted by molar-refractivity contribution is 7.89. The van der Waals surface area contributed by atoms with Crippen molar-refractivity contribution in [1.29, 1.82) is 0 Å². The molecule has 2 fully saturated rings. The fraction of sp³-hybridized carbons (Fsp3) is 0.611. The molecular formula is C18H24ClN3O4S. The number of halogens is 1. The quantitative estimate of drug-likeness (QED) is 0.752. The average Bonchev–Trinajstić information content (AvgIpc) is 3.05. The third-order valence-electron chi connectivity index (χ3n) is 5.10. The highest BCUT2D eigenvalue weighted by Gasteiger charge is 2.38. The highest BCUT2D eigenvalue weighted by Crippen LogP contribution is 2.36. The first-order chi connectivity index (χ1) is 12.7. The van der Waals surface area contributed by atoms with Crippen LogP contribution in [0.25, 0.3) is 11.1 Å². The molecule has 2 aliphatic rings. The Morgan fingerprint density at radius 2 is 2.00 bits per heavy atom. The smallest absolute Gasteiger partial charge is 0.248 e. The second-order valence-corrected chi connectivity index (χ2v) is 10.4. The first kappa shape index (κ1) is 19.1. The summed E-state index contributed by atoms with van der Waals surface area (Å²) in [6, 6.07) is 3.34. The molecule has 3 heterocycles. The van der Waals surface area contributed by atoms with Gasteiger partial charge in [0, 0.05) is 37.6 Å². The standard InChI is InChI=1S/C18H24ClN3O4S/c1-18(2,3)17-20-14-5-4-13(19)16(15(14)26-17)27(23,24)22-7-6-21-8-9-25-11-12(21)10-22/h4-5,12H,6-11H2,1-3H3/t12-/m0/s1. The Labute approximate surface area is 164 Å². The van der Waals surface area contributed by atoms with E-state index in [4.69, 9.17) is 20.8 Å². The van der Waals surface area contributed by atoms with Gasteiger partial charge in [-0.05, 0) is 12.1 Å². The van der Waals surface area contributed by atoms with Gasteiger partial charge in [0.1, 0.15) is 10.4 Å². The molecule has 7 nitrogen and oxygen atoms in total. The minimum atomic E-state index is -3.82. The van der Waals surface area contributed by atoms with E-state index in [0.717, 1.165) is 6.54 Å². The minimum Gasteiger partial charge on any atom is -0.439 e. The molecule has 0 unspecified atom stereocenters. The van der Waals surface area contributed by atoms with Crippen LogP contribution in [0.3, 0.4) is 0 Å². The van der Waals surface area contributed by atoms with Gasteiger partial charge in [0.25, 0.3) is 0 Å². The number of benzene rings is 1. The molecule has 4 rings (SSSR count). The molecule has 1 aromatic carbocycles. The lowest BCUT2D eigenvalue weighted by atomic mass is 9.97. The lowest BCUT2D eigenvalue weighted by Gasteiger charge is -2.43. The predicted octanol–water partition coefficient (Wildman–Crippen LogP) is 2.48. The Balaban J connectivity index is 1.76. The van der Waals surface area contributed by atoms with Crippen molar-refractivity contribution in [1.82, 2.24) is 14.2 Å². The summed E-state index contributed by atoms with van der Waals surface area (Å²) in [6.07, 6.45) is 0. The van der Waals surface area contributed by atoms with Crippen molar-refractivity contribution in [2.45, 2.75) is 37.1 Å². The fourth-order valence-corrected chi connectivity index (χ4v) is 5.66. The molecule has 2 aliphatic heterocycles. The van der Waals surface area contributed by atoms with E-state index in [1.807, 2.05) is 20.8 Å². The maximum Gasteiger partial charge on any atom is 0.248 e. The molecular weight excluding hydrogens is 390 g/mol. The number of aromatic nitrogens is 1. The Bertz CT molecular complexity index is 967. The van der Waals surface area contributed by atoms with E-state index in [2.05, 4.69) is 9.88 Å². The van der Waals surface area contributed by atoms with Crippen molar-refractivity contribution in [3.05, 3.63) is 23.0 Å². The molecule has 2 saturated heterocycles. The molecule has 1 atom stereocenters. The largest absolute Gasteiger partial charge is 0.439 e. The van der Waals surface area contributed by atoms with Gasteiger partial charge in [-0.25, -0.2) is 13.4 Å². The van der Waals surface area contributed by atoms with Crippen molar-refractivity contribution in [3.63, 3.8) is 0 Å². The number of fused-ring (bicyclic) bond motifs is 2. The van der Waals surface area contributed by atoms with Crippen molar-refractivity contribution in [2.24, 2.45) is 0 Å². The third-order valence-corrected chi connectivity index (χ3v) is 7.46. The molecule has 1 aromatic heterocycles. The summed E-state index contributed by atoms with van der Waals surface area (Å²) in [7, 11) is -3.82. The summed E-state index contributed by atoms with van der Waals surface area (Å²) in [5.41, 5.74) is 0.398. The Kier molecular flexibility index (Phi) is 4.75. The second-order valence-electron chi connectivity index (χ2n) is 8.12. The van der Waals surface area contributed by atoms with Crippen LogP contribution >= 0.6 is 11.6 Å². The second kappa shape index (κ2) is 6.70. The van der Waals surface area contributed by atoms with Crippen LogP contribution in [0, 0.1) is 0 Å². The van der Waals surface area contributed by atoms with Crippen LogP contribution in [0.5, 0.6) is 0 Å². The lowest BCUT2D eigenvalue weighted by molar-refractivity contribution is -0.0304. The number of hydrogen-bond acceptors (Lipinski definition) is 6. The molecule has 0 saturated carbocycles. The molecule has 0 N–H and O–H groups in total. The van der Waals surface area contributed by atoms with Crippen LogP contribution in [-0.4, -0.2) is 68.0 Å². The molecule has 0 aliphatic carbocycles. The molecule has 0 bridgehead atoms. The van der Waals surface area contributed by atoms with Crippen LogP contribution in [0.4, 0.5) is 0 Å². The number of ether oxygens (including phenoxy) is 1. The molecule has 9 heteroatoms. The predicted molar refractivity (Wildman–Crippen MR) is 103 cm³/mol. The van der Waals surface area contributed by atoms with E-state index in [1.165, 1.54) is 4.31 Å². The number of rotatable bonds is 2. The highest BCUT2D eigenvalue weighted by atomic mass is 35.5. The Hall–Kier alpha value is -1.19. The Morgan fingerprint density at radius 3 is 2.74 bits per heavy atom. The van der Waals surface area contributed by atoms with Crippen LogP contribution in [0.1, 0.15) is 26.7 Å². The van der Waals surface area contributed by atoms with Gasteiger partial charge in [-0.1, -0.05) is 32.4 Å². The van der Waals surface area contributed by atoms with Gasteiger partial charge in [0.15, 0.2) is 5.58 Å². The lowest BCUT2D eigenvalue weighted by Crippen LogP contribution is -2.59. The summed E-state index contributed by atoms with van der Waals surface area (Å²) < 4.78 is 39.8. The Morgan fingerprint density at radius 1 is 1.22 bits per heavy atom. The fourth-order valence-electron chi connectivity index (χ4n) is 3.57. The maximum atomic E-state index is 13.4. The van der Waals surface area contributed by atoms with E-state index in [-0.39, 0.29) is 27.0 Å². The molecule has 27 heavy (non-hydrogen) atoms. The van der Waals surface area contributed by atoms with Gasteiger partial charge in [-0.3, -0.25) is 4.90 Å². The number of piperazine rings is 1. The van der Waals surface area contributed by atoms with Crippen LogP contribution in [0.15, 0.2) is 21.4 Å². The molecule has 0 spiro atoms. The zero-order valence-corrected chi connectivity index (χ0v) is 17.3. The van der Waals surface area contributed by atoms with Crippen LogP contribution in [-0.2, 0) is 20.2 Å². The molecule has 0 amide bonds. The summed E-state index contributed by atoms with van der Waals surface area (Å²) in [4.78, 5) is 6.76. The van der Waals surface area contributed by atoms with Gasteiger partial charge in [-0.15, -0.1) is 0 Å². The zero-order chi connectivity index (χ0) is 19.4. The number of oxazole rings is 1.